The number of anilines is 1. The van der Waals surface area contributed by atoms with E-state index in [1.807, 2.05) is 41.1 Å². The van der Waals surface area contributed by atoms with Crippen LogP contribution in [0.4, 0.5) is 5.82 Å². The third-order valence-corrected chi connectivity index (χ3v) is 6.36. The highest BCUT2D eigenvalue weighted by atomic mass is 16.5. The van der Waals surface area contributed by atoms with E-state index in [1.54, 1.807) is 6.20 Å². The Kier molecular flexibility index (Phi) is 3.97. The highest BCUT2D eigenvalue weighted by Gasteiger charge is 2.49. The molecule has 3 aromatic rings. The Bertz CT molecular complexity index is 1050. The van der Waals surface area contributed by atoms with Gasteiger partial charge in [0.1, 0.15) is 12.0 Å². The fourth-order valence-corrected chi connectivity index (χ4v) is 4.59. The maximum Gasteiger partial charge on any atom is 0.227 e. The lowest BCUT2D eigenvalue weighted by atomic mass is 9.76. The summed E-state index contributed by atoms with van der Waals surface area (Å²) in [5.41, 5.74) is 8.66. The maximum atomic E-state index is 9.77. The number of rotatable bonds is 4. The lowest BCUT2D eigenvalue weighted by molar-refractivity contribution is 0.200. The number of ether oxygens (including phenoxy) is 1. The third kappa shape index (κ3) is 2.88. The van der Waals surface area contributed by atoms with Gasteiger partial charge in [0, 0.05) is 6.20 Å². The first kappa shape index (κ1) is 17.1. The third-order valence-electron chi connectivity index (χ3n) is 6.36. The molecule has 6 heteroatoms. The molecule has 0 saturated heterocycles. The van der Waals surface area contributed by atoms with E-state index in [-0.39, 0.29) is 12.0 Å². The molecule has 28 heavy (non-hydrogen) atoms. The number of nitrogens with two attached hydrogens (primary N) is 1. The second-order valence-electron chi connectivity index (χ2n) is 8.16. The fourth-order valence-electron chi connectivity index (χ4n) is 4.59. The number of aromatic nitrogens is 3. The summed E-state index contributed by atoms with van der Waals surface area (Å²) in [6.07, 6.45) is 7.36. The predicted molar refractivity (Wildman–Crippen MR) is 106 cm³/mol. The standard InChI is InChI=1S/C22H23N5O/c23-13-16-12-22(9-10-22)8-6-17(16)27-18-7-11-25-21(19(18)20(24)26-27)28-14-15-4-2-1-3-5-15/h1-5,7,11,16-17H,6,8-10,12,14H2,(H2,24,26)/t16-,17-/m1/s1. The van der Waals surface area contributed by atoms with E-state index < -0.39 is 0 Å². The van der Waals surface area contributed by atoms with Gasteiger partial charge in [-0.3, -0.25) is 4.68 Å². The van der Waals surface area contributed by atoms with Gasteiger partial charge in [0.05, 0.1) is 23.5 Å². The number of nitrogen functional groups attached to an aromatic ring is 1. The number of fused-ring (bicyclic) bond motifs is 1. The molecule has 2 aromatic heterocycles. The van der Waals surface area contributed by atoms with E-state index in [4.69, 9.17) is 10.5 Å². The summed E-state index contributed by atoms with van der Waals surface area (Å²) in [4.78, 5) is 4.39. The summed E-state index contributed by atoms with van der Waals surface area (Å²) in [7, 11) is 0. The Balaban J connectivity index is 1.47. The minimum Gasteiger partial charge on any atom is -0.472 e. The lowest BCUT2D eigenvalue weighted by Crippen LogP contribution is -2.28. The van der Waals surface area contributed by atoms with Gasteiger partial charge in [-0.15, -0.1) is 0 Å². The van der Waals surface area contributed by atoms with Gasteiger partial charge >= 0.3 is 0 Å². The van der Waals surface area contributed by atoms with Crippen LogP contribution in [0.25, 0.3) is 10.9 Å². The topological polar surface area (TPSA) is 89.8 Å². The largest absolute Gasteiger partial charge is 0.472 e. The molecular weight excluding hydrogens is 350 g/mol. The Morgan fingerprint density at radius 3 is 2.79 bits per heavy atom. The molecule has 2 aliphatic rings. The van der Waals surface area contributed by atoms with E-state index in [9.17, 15) is 5.26 Å². The molecule has 2 fully saturated rings. The smallest absolute Gasteiger partial charge is 0.227 e. The van der Waals surface area contributed by atoms with Crippen molar-refractivity contribution in [2.45, 2.75) is 44.8 Å². The molecule has 0 aliphatic heterocycles. The second-order valence-corrected chi connectivity index (χ2v) is 8.16. The normalized spacial score (nSPS) is 22.8. The Hall–Kier alpha value is -3.07. The first-order valence-corrected chi connectivity index (χ1v) is 9.88. The Morgan fingerprint density at radius 2 is 2.04 bits per heavy atom. The number of nitrogens with zero attached hydrogens (tertiary/aromatic N) is 4. The van der Waals surface area contributed by atoms with Crippen molar-refractivity contribution in [3.8, 4) is 11.9 Å². The van der Waals surface area contributed by atoms with Gasteiger partial charge in [-0.25, -0.2) is 4.98 Å². The first-order chi connectivity index (χ1) is 13.7. The van der Waals surface area contributed by atoms with Crippen LogP contribution in [0.1, 0.15) is 43.7 Å². The molecule has 1 aromatic carbocycles. The lowest BCUT2D eigenvalue weighted by Gasteiger charge is -2.33. The minimum absolute atomic E-state index is 0.0272. The zero-order valence-corrected chi connectivity index (χ0v) is 15.7. The molecule has 2 heterocycles. The van der Waals surface area contributed by atoms with Crippen LogP contribution >= 0.6 is 0 Å². The van der Waals surface area contributed by atoms with Crippen molar-refractivity contribution in [3.63, 3.8) is 0 Å². The highest BCUT2D eigenvalue weighted by Crippen LogP contribution is 2.59. The average Bonchev–Trinajstić information content (AvgIpc) is 3.40. The van der Waals surface area contributed by atoms with E-state index >= 15 is 0 Å². The van der Waals surface area contributed by atoms with Gasteiger partial charge in [0.2, 0.25) is 5.88 Å². The quantitative estimate of drug-likeness (QED) is 0.739. The minimum atomic E-state index is -0.0272. The molecule has 2 N–H and O–H groups in total. The van der Waals surface area contributed by atoms with Gasteiger partial charge in [0.15, 0.2) is 5.82 Å². The number of hydrogen-bond acceptors (Lipinski definition) is 5. The molecule has 5 rings (SSSR count). The van der Waals surface area contributed by atoms with Crippen molar-refractivity contribution in [1.29, 1.82) is 5.26 Å². The van der Waals surface area contributed by atoms with Crippen LogP contribution in [0.3, 0.4) is 0 Å². The summed E-state index contributed by atoms with van der Waals surface area (Å²) >= 11 is 0. The van der Waals surface area contributed by atoms with Crippen molar-refractivity contribution in [1.82, 2.24) is 14.8 Å². The molecule has 0 unspecified atom stereocenters. The molecule has 0 radical (unpaired) electrons. The van der Waals surface area contributed by atoms with Crippen LogP contribution in [0.2, 0.25) is 0 Å². The number of benzene rings is 1. The molecular formula is C22H23N5O. The summed E-state index contributed by atoms with van der Waals surface area (Å²) in [5.74, 6) is 0.878. The fraction of sp³-hybridized carbons (Fsp3) is 0.409. The zero-order chi connectivity index (χ0) is 19.1. The molecule has 142 valence electrons. The molecule has 2 saturated carbocycles. The number of hydrogen-bond donors (Lipinski definition) is 1. The summed E-state index contributed by atoms with van der Waals surface area (Å²) in [6.45, 7) is 0.421. The molecule has 2 atom stereocenters. The Morgan fingerprint density at radius 1 is 1.21 bits per heavy atom. The summed E-state index contributed by atoms with van der Waals surface area (Å²) in [5, 5.41) is 15.1. The van der Waals surface area contributed by atoms with Crippen molar-refractivity contribution in [2.75, 3.05) is 5.73 Å². The van der Waals surface area contributed by atoms with Crippen LogP contribution < -0.4 is 10.5 Å². The van der Waals surface area contributed by atoms with Crippen LogP contribution in [-0.2, 0) is 6.61 Å². The molecule has 0 bridgehead atoms. The highest BCUT2D eigenvalue weighted by molar-refractivity contribution is 5.93. The first-order valence-electron chi connectivity index (χ1n) is 9.88. The van der Waals surface area contributed by atoms with Gasteiger partial charge in [-0.1, -0.05) is 30.3 Å². The summed E-state index contributed by atoms with van der Waals surface area (Å²) in [6, 6.07) is 14.5. The van der Waals surface area contributed by atoms with E-state index in [2.05, 4.69) is 16.2 Å². The molecule has 0 amide bonds. The van der Waals surface area contributed by atoms with Crippen LogP contribution in [0.15, 0.2) is 42.6 Å². The van der Waals surface area contributed by atoms with Crippen LogP contribution in [-0.4, -0.2) is 14.8 Å². The predicted octanol–water partition coefficient (Wildman–Crippen LogP) is 4.24. The zero-order valence-electron chi connectivity index (χ0n) is 15.7. The van der Waals surface area contributed by atoms with Crippen molar-refractivity contribution in [3.05, 3.63) is 48.2 Å². The SMILES string of the molecule is N#C[C@H]1CC2(CC[C@H]1n1nc(N)c3c(OCc4ccccc4)nccc31)CC2. The van der Waals surface area contributed by atoms with E-state index in [1.165, 1.54) is 19.3 Å². The maximum absolute atomic E-state index is 9.77. The van der Waals surface area contributed by atoms with E-state index in [0.717, 1.165) is 29.3 Å². The number of nitriles is 1. The monoisotopic (exact) mass is 373 g/mol. The second kappa shape index (κ2) is 6.52. The van der Waals surface area contributed by atoms with Crippen molar-refractivity contribution >= 4 is 16.7 Å². The molecule has 6 nitrogen and oxygen atoms in total. The molecule has 2 aliphatic carbocycles. The Labute approximate surface area is 163 Å². The van der Waals surface area contributed by atoms with Crippen LogP contribution in [0, 0.1) is 22.7 Å². The average molecular weight is 373 g/mol. The van der Waals surface area contributed by atoms with Gasteiger partial charge < -0.3 is 10.5 Å². The van der Waals surface area contributed by atoms with Crippen molar-refractivity contribution < 1.29 is 4.74 Å². The van der Waals surface area contributed by atoms with Gasteiger partial charge in [-0.05, 0) is 49.1 Å². The van der Waals surface area contributed by atoms with Crippen molar-refractivity contribution in [2.24, 2.45) is 11.3 Å². The summed E-state index contributed by atoms with van der Waals surface area (Å²) < 4.78 is 7.92. The van der Waals surface area contributed by atoms with Gasteiger partial charge in [0.25, 0.3) is 0 Å². The van der Waals surface area contributed by atoms with E-state index in [0.29, 0.717) is 23.7 Å². The molecule has 1 spiro atoms. The number of pyridine rings is 1. The van der Waals surface area contributed by atoms with Gasteiger partial charge in [-0.2, -0.15) is 10.4 Å². The van der Waals surface area contributed by atoms with Crippen LogP contribution in [0.5, 0.6) is 5.88 Å².